The molecule has 2 heterocycles. The Morgan fingerprint density at radius 1 is 0.962 bits per heavy atom. The molecule has 5 heteroatoms. The minimum Gasteiger partial charge on any atom is -0.399 e. The van der Waals surface area contributed by atoms with E-state index in [1.807, 2.05) is 70.3 Å². The molecule has 1 aliphatic heterocycles. The van der Waals surface area contributed by atoms with E-state index in [0.717, 1.165) is 41.4 Å². The highest BCUT2D eigenvalue weighted by molar-refractivity contribution is 6.62. The summed E-state index contributed by atoms with van der Waals surface area (Å²) in [5.41, 5.74) is 3.01. The summed E-state index contributed by atoms with van der Waals surface area (Å²) in [5, 5.41) is 0. The Labute approximate surface area is 155 Å². The summed E-state index contributed by atoms with van der Waals surface area (Å²) in [7, 11) is -0.397. The standard InChI is InChI=1S/C21H24BNO3/c1-19(2)20(3,4)26-22(25-19)17-9-10-18(23-13-17)15-5-7-16(8-6-15)21(14-24)11-12-21/h5-10,13-14H,11-12H2,1-4H3. The lowest BCUT2D eigenvalue weighted by molar-refractivity contribution is -0.109. The average Bonchev–Trinajstić information content (AvgIpc) is 3.38. The van der Waals surface area contributed by atoms with Crippen molar-refractivity contribution in [1.29, 1.82) is 0 Å². The van der Waals surface area contributed by atoms with Crippen LogP contribution in [0.1, 0.15) is 46.1 Å². The summed E-state index contributed by atoms with van der Waals surface area (Å²) in [4.78, 5) is 15.9. The van der Waals surface area contributed by atoms with Crippen LogP contribution in [0.25, 0.3) is 11.3 Å². The SMILES string of the molecule is CC1(C)OB(c2ccc(-c3ccc(C4(C=O)CC4)cc3)nc2)OC1(C)C. The number of carbonyl (C=O) groups excluding carboxylic acids is 1. The van der Waals surface area contributed by atoms with E-state index >= 15 is 0 Å². The van der Waals surface area contributed by atoms with Crippen molar-refractivity contribution in [3.8, 4) is 11.3 Å². The Bertz CT molecular complexity index is 807. The van der Waals surface area contributed by atoms with Gasteiger partial charge in [-0.2, -0.15) is 0 Å². The largest absolute Gasteiger partial charge is 0.496 e. The zero-order chi connectivity index (χ0) is 18.6. The molecular weight excluding hydrogens is 325 g/mol. The van der Waals surface area contributed by atoms with Crippen molar-refractivity contribution in [3.63, 3.8) is 0 Å². The van der Waals surface area contributed by atoms with Gasteiger partial charge < -0.3 is 14.1 Å². The van der Waals surface area contributed by atoms with Crippen molar-refractivity contribution in [2.45, 2.75) is 57.2 Å². The molecule has 0 unspecified atom stereocenters. The molecule has 1 saturated carbocycles. The van der Waals surface area contributed by atoms with Gasteiger partial charge in [-0.05, 0) is 52.2 Å². The van der Waals surface area contributed by atoms with Gasteiger partial charge in [0.2, 0.25) is 0 Å². The summed E-state index contributed by atoms with van der Waals surface area (Å²) in [6.07, 6.45) is 4.81. The van der Waals surface area contributed by atoms with Gasteiger partial charge in [0.05, 0.1) is 22.3 Å². The van der Waals surface area contributed by atoms with Gasteiger partial charge in [0, 0.05) is 17.2 Å². The van der Waals surface area contributed by atoms with Gasteiger partial charge in [-0.15, -0.1) is 0 Å². The second-order valence-electron chi connectivity index (χ2n) is 8.42. The van der Waals surface area contributed by atoms with E-state index in [-0.39, 0.29) is 16.6 Å². The number of hydrogen-bond donors (Lipinski definition) is 0. The van der Waals surface area contributed by atoms with Gasteiger partial charge in [-0.1, -0.05) is 30.3 Å². The van der Waals surface area contributed by atoms with Crippen molar-refractivity contribution in [2.75, 3.05) is 0 Å². The van der Waals surface area contributed by atoms with Crippen LogP contribution < -0.4 is 5.46 Å². The minimum atomic E-state index is -0.397. The lowest BCUT2D eigenvalue weighted by Gasteiger charge is -2.32. The average molecular weight is 349 g/mol. The van der Waals surface area contributed by atoms with Crippen LogP contribution in [0.4, 0.5) is 0 Å². The predicted molar refractivity (Wildman–Crippen MR) is 102 cm³/mol. The van der Waals surface area contributed by atoms with Crippen molar-refractivity contribution < 1.29 is 14.1 Å². The van der Waals surface area contributed by atoms with Crippen LogP contribution in [0.5, 0.6) is 0 Å². The Balaban J connectivity index is 1.53. The molecule has 0 atom stereocenters. The Hall–Kier alpha value is -1.98. The molecular formula is C21H24BNO3. The number of aromatic nitrogens is 1. The highest BCUT2D eigenvalue weighted by atomic mass is 16.7. The zero-order valence-electron chi connectivity index (χ0n) is 15.8. The van der Waals surface area contributed by atoms with Crippen LogP contribution in [-0.4, -0.2) is 29.6 Å². The second kappa shape index (κ2) is 5.76. The molecule has 0 amide bonds. The molecule has 26 heavy (non-hydrogen) atoms. The van der Waals surface area contributed by atoms with E-state index in [1.165, 1.54) is 0 Å². The summed E-state index contributed by atoms with van der Waals surface area (Å²) in [6, 6.07) is 12.2. The monoisotopic (exact) mass is 349 g/mol. The highest BCUT2D eigenvalue weighted by Crippen LogP contribution is 2.46. The third-order valence-corrected chi connectivity index (χ3v) is 6.08. The molecule has 0 spiro atoms. The van der Waals surface area contributed by atoms with Crippen LogP contribution in [0.15, 0.2) is 42.6 Å². The van der Waals surface area contributed by atoms with E-state index in [9.17, 15) is 4.79 Å². The number of nitrogens with zero attached hydrogens (tertiary/aromatic N) is 1. The van der Waals surface area contributed by atoms with E-state index in [1.54, 1.807) is 0 Å². The fraction of sp³-hybridized carbons (Fsp3) is 0.429. The number of carbonyl (C=O) groups is 1. The molecule has 134 valence electrons. The third-order valence-electron chi connectivity index (χ3n) is 6.08. The lowest BCUT2D eigenvalue weighted by atomic mass is 9.80. The Kier molecular flexibility index (Phi) is 3.87. The second-order valence-corrected chi connectivity index (χ2v) is 8.42. The number of pyridine rings is 1. The van der Waals surface area contributed by atoms with Crippen molar-refractivity contribution >= 4 is 18.9 Å². The van der Waals surface area contributed by atoms with E-state index in [2.05, 4.69) is 4.98 Å². The number of benzene rings is 1. The summed E-state index contributed by atoms with van der Waals surface area (Å²) in [6.45, 7) is 8.18. The summed E-state index contributed by atoms with van der Waals surface area (Å²) >= 11 is 0. The van der Waals surface area contributed by atoms with Gasteiger partial charge in [0.15, 0.2) is 0 Å². The maximum absolute atomic E-state index is 11.3. The quantitative estimate of drug-likeness (QED) is 0.628. The summed E-state index contributed by atoms with van der Waals surface area (Å²) < 4.78 is 12.1. The highest BCUT2D eigenvalue weighted by Gasteiger charge is 2.51. The Morgan fingerprint density at radius 2 is 1.58 bits per heavy atom. The molecule has 1 aliphatic carbocycles. The molecule has 1 aromatic heterocycles. The van der Waals surface area contributed by atoms with Gasteiger partial charge in [0.1, 0.15) is 6.29 Å². The van der Waals surface area contributed by atoms with E-state index < -0.39 is 7.12 Å². The topological polar surface area (TPSA) is 48.4 Å². The first-order chi connectivity index (χ1) is 12.3. The van der Waals surface area contributed by atoms with Crippen molar-refractivity contribution in [1.82, 2.24) is 4.98 Å². The molecule has 2 aromatic rings. The third kappa shape index (κ3) is 2.79. The predicted octanol–water partition coefficient (Wildman–Crippen LogP) is 3.28. The maximum atomic E-state index is 11.3. The first kappa shape index (κ1) is 17.4. The number of rotatable bonds is 4. The fourth-order valence-electron chi connectivity index (χ4n) is 3.28. The van der Waals surface area contributed by atoms with Crippen molar-refractivity contribution in [2.24, 2.45) is 0 Å². The van der Waals surface area contributed by atoms with Gasteiger partial charge in [-0.3, -0.25) is 4.98 Å². The van der Waals surface area contributed by atoms with Crippen LogP contribution >= 0.6 is 0 Å². The molecule has 4 rings (SSSR count). The molecule has 1 aromatic carbocycles. The van der Waals surface area contributed by atoms with Gasteiger partial charge in [0.25, 0.3) is 0 Å². The zero-order valence-corrected chi connectivity index (χ0v) is 15.8. The van der Waals surface area contributed by atoms with Gasteiger partial charge >= 0.3 is 7.12 Å². The van der Waals surface area contributed by atoms with E-state index in [0.29, 0.717) is 0 Å². The number of aldehydes is 1. The van der Waals surface area contributed by atoms with Crippen LogP contribution in [0.3, 0.4) is 0 Å². The molecule has 0 bridgehead atoms. The molecule has 1 saturated heterocycles. The van der Waals surface area contributed by atoms with E-state index in [4.69, 9.17) is 9.31 Å². The molecule has 2 fully saturated rings. The first-order valence-corrected chi connectivity index (χ1v) is 9.15. The lowest BCUT2D eigenvalue weighted by Crippen LogP contribution is -2.41. The van der Waals surface area contributed by atoms with Crippen LogP contribution in [0, 0.1) is 0 Å². The molecule has 0 radical (unpaired) electrons. The molecule has 0 N–H and O–H groups in total. The fourth-order valence-corrected chi connectivity index (χ4v) is 3.28. The Morgan fingerprint density at radius 3 is 2.04 bits per heavy atom. The van der Waals surface area contributed by atoms with Crippen LogP contribution in [-0.2, 0) is 19.5 Å². The molecule has 2 aliphatic rings. The molecule has 4 nitrogen and oxygen atoms in total. The first-order valence-electron chi connectivity index (χ1n) is 9.15. The smallest absolute Gasteiger partial charge is 0.399 e. The van der Waals surface area contributed by atoms with Crippen LogP contribution in [0.2, 0.25) is 0 Å². The van der Waals surface area contributed by atoms with Gasteiger partial charge in [-0.25, -0.2) is 0 Å². The van der Waals surface area contributed by atoms with Crippen molar-refractivity contribution in [3.05, 3.63) is 48.2 Å². The minimum absolute atomic E-state index is 0.230. The maximum Gasteiger partial charge on any atom is 0.496 e. The summed E-state index contributed by atoms with van der Waals surface area (Å²) in [5.74, 6) is 0. The number of hydrogen-bond acceptors (Lipinski definition) is 4. The normalized spacial score (nSPS) is 22.2.